The molecule has 2 N–H and O–H groups in total. The van der Waals surface area contributed by atoms with Crippen LogP contribution < -0.4 is 5.73 Å². The molecule has 20 heavy (non-hydrogen) atoms. The summed E-state index contributed by atoms with van der Waals surface area (Å²) >= 11 is 5.91. The Kier molecular flexibility index (Phi) is 3.20. The number of nitrogens with two attached hydrogens (primary N) is 1. The quantitative estimate of drug-likeness (QED) is 0.760. The van der Waals surface area contributed by atoms with Crippen molar-refractivity contribution in [1.29, 1.82) is 0 Å². The van der Waals surface area contributed by atoms with Gasteiger partial charge in [-0.3, -0.25) is 0 Å². The van der Waals surface area contributed by atoms with Gasteiger partial charge >= 0.3 is 0 Å². The fourth-order valence-electron chi connectivity index (χ4n) is 2.10. The van der Waals surface area contributed by atoms with E-state index in [-0.39, 0.29) is 10.8 Å². The molecule has 0 aliphatic heterocycles. The summed E-state index contributed by atoms with van der Waals surface area (Å²) in [6.07, 6.45) is 0. The molecule has 0 bridgehead atoms. The summed E-state index contributed by atoms with van der Waals surface area (Å²) < 4.78 is 32.1. The SMILES string of the molecule is NC(c1cc2cc(F)ccc2o1)c1cccc(F)c1Cl. The third kappa shape index (κ3) is 2.17. The molecule has 0 fully saturated rings. The van der Waals surface area contributed by atoms with Crippen molar-refractivity contribution in [3.8, 4) is 0 Å². The number of furan rings is 1. The van der Waals surface area contributed by atoms with Crippen molar-refractivity contribution in [3.63, 3.8) is 0 Å². The van der Waals surface area contributed by atoms with Gasteiger partial charge in [0.05, 0.1) is 11.1 Å². The molecule has 3 rings (SSSR count). The summed E-state index contributed by atoms with van der Waals surface area (Å²) in [5, 5.41) is 0.564. The van der Waals surface area contributed by atoms with Crippen LogP contribution in [0.1, 0.15) is 17.4 Å². The van der Waals surface area contributed by atoms with E-state index >= 15 is 0 Å². The van der Waals surface area contributed by atoms with Crippen molar-refractivity contribution in [3.05, 3.63) is 70.4 Å². The van der Waals surface area contributed by atoms with E-state index in [1.165, 1.54) is 30.3 Å². The molecule has 2 aromatic carbocycles. The molecule has 0 saturated heterocycles. The molecular formula is C15H10ClF2NO. The average Bonchev–Trinajstić information content (AvgIpc) is 2.84. The molecular weight excluding hydrogens is 284 g/mol. The van der Waals surface area contributed by atoms with Gasteiger partial charge in [0.25, 0.3) is 0 Å². The number of benzene rings is 2. The van der Waals surface area contributed by atoms with Crippen LogP contribution in [0.5, 0.6) is 0 Å². The lowest BCUT2D eigenvalue weighted by atomic mass is 10.0. The number of rotatable bonds is 2. The lowest BCUT2D eigenvalue weighted by Gasteiger charge is -2.11. The van der Waals surface area contributed by atoms with Gasteiger partial charge in [-0.15, -0.1) is 0 Å². The van der Waals surface area contributed by atoms with Crippen LogP contribution in [0.2, 0.25) is 5.02 Å². The fraction of sp³-hybridized carbons (Fsp3) is 0.0667. The van der Waals surface area contributed by atoms with Crippen LogP contribution in [-0.4, -0.2) is 0 Å². The molecule has 1 unspecified atom stereocenters. The first-order valence-corrected chi connectivity index (χ1v) is 6.32. The minimum Gasteiger partial charge on any atom is -0.459 e. The molecule has 5 heteroatoms. The van der Waals surface area contributed by atoms with Gasteiger partial charge in [-0.05, 0) is 35.9 Å². The molecule has 0 radical (unpaired) electrons. The Balaban J connectivity index is 2.08. The van der Waals surface area contributed by atoms with Crippen LogP contribution in [-0.2, 0) is 0 Å². The summed E-state index contributed by atoms with van der Waals surface area (Å²) in [5.41, 5.74) is 6.99. The summed E-state index contributed by atoms with van der Waals surface area (Å²) in [6, 6.07) is 9.50. The maximum atomic E-state index is 13.4. The van der Waals surface area contributed by atoms with Crippen LogP contribution in [0.15, 0.2) is 46.9 Å². The topological polar surface area (TPSA) is 39.2 Å². The maximum Gasteiger partial charge on any atom is 0.142 e. The first kappa shape index (κ1) is 13.1. The van der Waals surface area contributed by atoms with E-state index in [1.54, 1.807) is 12.1 Å². The van der Waals surface area contributed by atoms with Crippen molar-refractivity contribution >= 4 is 22.6 Å². The number of fused-ring (bicyclic) bond motifs is 1. The molecule has 0 spiro atoms. The molecule has 1 heterocycles. The second-order valence-corrected chi connectivity index (χ2v) is 4.83. The van der Waals surface area contributed by atoms with Crippen molar-refractivity contribution in [2.24, 2.45) is 5.73 Å². The zero-order valence-corrected chi connectivity index (χ0v) is 11.0. The lowest BCUT2D eigenvalue weighted by molar-refractivity contribution is 0.523. The van der Waals surface area contributed by atoms with Crippen LogP contribution in [0.3, 0.4) is 0 Å². The van der Waals surface area contributed by atoms with E-state index < -0.39 is 11.9 Å². The van der Waals surface area contributed by atoms with Crippen molar-refractivity contribution in [1.82, 2.24) is 0 Å². The third-order valence-electron chi connectivity index (χ3n) is 3.12. The highest BCUT2D eigenvalue weighted by Gasteiger charge is 2.18. The fourth-order valence-corrected chi connectivity index (χ4v) is 2.35. The Morgan fingerprint density at radius 3 is 2.70 bits per heavy atom. The summed E-state index contributed by atoms with van der Waals surface area (Å²) in [5.74, 6) is -0.498. The van der Waals surface area contributed by atoms with E-state index in [1.807, 2.05) is 0 Å². The summed E-state index contributed by atoms with van der Waals surface area (Å²) in [7, 11) is 0. The van der Waals surface area contributed by atoms with Gasteiger partial charge in [0.15, 0.2) is 0 Å². The van der Waals surface area contributed by atoms with Crippen molar-refractivity contribution < 1.29 is 13.2 Å². The molecule has 102 valence electrons. The van der Waals surface area contributed by atoms with Gasteiger partial charge in [-0.1, -0.05) is 23.7 Å². The van der Waals surface area contributed by atoms with Crippen molar-refractivity contribution in [2.45, 2.75) is 6.04 Å². The highest BCUT2D eigenvalue weighted by atomic mass is 35.5. The van der Waals surface area contributed by atoms with Crippen molar-refractivity contribution in [2.75, 3.05) is 0 Å². The minimum atomic E-state index is -0.714. The molecule has 1 atom stereocenters. The molecule has 0 aliphatic rings. The first-order chi connectivity index (χ1) is 9.56. The standard InChI is InChI=1S/C15H10ClF2NO/c16-14-10(2-1-3-11(14)18)15(19)13-7-8-6-9(17)4-5-12(8)20-13/h1-7,15H,19H2. The van der Waals surface area contributed by atoms with Gasteiger partial charge in [0.2, 0.25) is 0 Å². The Morgan fingerprint density at radius 2 is 1.90 bits per heavy atom. The maximum absolute atomic E-state index is 13.4. The molecule has 2 nitrogen and oxygen atoms in total. The van der Waals surface area contributed by atoms with E-state index in [0.29, 0.717) is 22.3 Å². The third-order valence-corrected chi connectivity index (χ3v) is 3.52. The highest BCUT2D eigenvalue weighted by molar-refractivity contribution is 6.31. The van der Waals surface area contributed by atoms with Crippen LogP contribution in [0, 0.1) is 11.6 Å². The number of hydrogen-bond acceptors (Lipinski definition) is 2. The first-order valence-electron chi connectivity index (χ1n) is 5.95. The molecule has 0 amide bonds. The Hall–Kier alpha value is -1.91. The lowest BCUT2D eigenvalue weighted by Crippen LogP contribution is -2.11. The van der Waals surface area contributed by atoms with E-state index in [2.05, 4.69) is 0 Å². The van der Waals surface area contributed by atoms with Crippen LogP contribution >= 0.6 is 11.6 Å². The monoisotopic (exact) mass is 293 g/mol. The Bertz CT molecular complexity index is 785. The largest absolute Gasteiger partial charge is 0.459 e. The summed E-state index contributed by atoms with van der Waals surface area (Å²) in [6.45, 7) is 0. The summed E-state index contributed by atoms with van der Waals surface area (Å²) in [4.78, 5) is 0. The zero-order chi connectivity index (χ0) is 14.3. The predicted octanol–water partition coefficient (Wildman–Crippen LogP) is 4.41. The second kappa shape index (κ2) is 4.89. The van der Waals surface area contributed by atoms with Gasteiger partial charge in [0, 0.05) is 5.39 Å². The predicted molar refractivity (Wildman–Crippen MR) is 73.6 cm³/mol. The molecule has 0 saturated carbocycles. The second-order valence-electron chi connectivity index (χ2n) is 4.45. The van der Waals surface area contributed by atoms with Gasteiger partial charge in [0.1, 0.15) is 23.0 Å². The highest BCUT2D eigenvalue weighted by Crippen LogP contribution is 2.31. The zero-order valence-electron chi connectivity index (χ0n) is 10.2. The van der Waals surface area contributed by atoms with Gasteiger partial charge in [-0.2, -0.15) is 0 Å². The van der Waals surface area contributed by atoms with Gasteiger partial charge in [-0.25, -0.2) is 8.78 Å². The Labute approximate surface area is 118 Å². The van der Waals surface area contributed by atoms with Gasteiger partial charge < -0.3 is 10.2 Å². The smallest absolute Gasteiger partial charge is 0.142 e. The average molecular weight is 294 g/mol. The molecule has 3 aromatic rings. The number of hydrogen-bond donors (Lipinski definition) is 1. The normalized spacial score (nSPS) is 12.8. The van der Waals surface area contributed by atoms with E-state index in [0.717, 1.165) is 0 Å². The minimum absolute atomic E-state index is 0.0355. The number of halogens is 3. The van der Waals surface area contributed by atoms with Crippen LogP contribution in [0.4, 0.5) is 8.78 Å². The van der Waals surface area contributed by atoms with E-state index in [4.69, 9.17) is 21.8 Å². The molecule has 0 aliphatic carbocycles. The van der Waals surface area contributed by atoms with Crippen LogP contribution in [0.25, 0.3) is 11.0 Å². The van der Waals surface area contributed by atoms with E-state index in [9.17, 15) is 8.78 Å². The Morgan fingerprint density at radius 1 is 1.10 bits per heavy atom. The molecule has 1 aromatic heterocycles.